The Balaban J connectivity index is 3.18. The highest BCUT2D eigenvalue weighted by Crippen LogP contribution is 2.32. The number of rotatable bonds is 5. The van der Waals surface area contributed by atoms with Crippen LogP contribution in [0.4, 0.5) is 8.78 Å². The van der Waals surface area contributed by atoms with Gasteiger partial charge in [0, 0.05) is 20.9 Å². The quantitative estimate of drug-likeness (QED) is 0.571. The Morgan fingerprint density at radius 3 is 2.50 bits per heavy atom. The molecule has 0 radical (unpaired) electrons. The molecule has 100 valence electrons. The highest BCUT2D eigenvalue weighted by atomic mass is 79.9. The van der Waals surface area contributed by atoms with Crippen LogP contribution in [0.15, 0.2) is 16.6 Å². The zero-order chi connectivity index (χ0) is 13.7. The van der Waals surface area contributed by atoms with E-state index in [4.69, 9.17) is 0 Å². The van der Waals surface area contributed by atoms with E-state index in [0.29, 0.717) is 20.9 Å². The Labute approximate surface area is 120 Å². The third kappa shape index (κ3) is 4.20. The summed E-state index contributed by atoms with van der Waals surface area (Å²) in [5.41, 5.74) is 0.884. The lowest BCUT2D eigenvalue weighted by Crippen LogP contribution is -2.11. The predicted octanol–water partition coefficient (Wildman–Crippen LogP) is 3.66. The van der Waals surface area contributed by atoms with Gasteiger partial charge in [-0.25, -0.2) is 0 Å². The lowest BCUT2D eigenvalue weighted by Gasteiger charge is -2.14. The Morgan fingerprint density at radius 1 is 1.39 bits per heavy atom. The molecule has 1 aromatic rings. The van der Waals surface area contributed by atoms with E-state index in [1.807, 2.05) is 0 Å². The minimum absolute atomic E-state index is 0.00970. The Kier molecular flexibility index (Phi) is 6.01. The van der Waals surface area contributed by atoms with Crippen LogP contribution in [0.3, 0.4) is 0 Å². The molecule has 0 atom stereocenters. The smallest absolute Gasteiger partial charge is 0.387 e. The number of methoxy groups -OCH3 is 1. The van der Waals surface area contributed by atoms with E-state index in [-0.39, 0.29) is 12.2 Å². The molecule has 0 aromatic heterocycles. The van der Waals surface area contributed by atoms with Crippen molar-refractivity contribution in [2.45, 2.75) is 18.4 Å². The second-order valence-corrected chi connectivity index (χ2v) is 4.79. The van der Waals surface area contributed by atoms with Crippen molar-refractivity contribution in [3.8, 4) is 5.75 Å². The molecule has 0 saturated heterocycles. The number of ether oxygens (including phenoxy) is 2. The molecule has 0 fully saturated rings. The summed E-state index contributed by atoms with van der Waals surface area (Å²) in [5, 5.41) is 0.336. The number of carbonyl (C=O) groups excluding carboxylic acids is 1. The van der Waals surface area contributed by atoms with Crippen molar-refractivity contribution in [3.05, 3.63) is 27.7 Å². The summed E-state index contributed by atoms with van der Waals surface area (Å²) in [5.74, 6) is -0.511. The SMILES string of the molecule is COC(=O)Cc1cc(Br)cc(CBr)c1OC(F)F. The summed E-state index contributed by atoms with van der Waals surface area (Å²) < 4.78 is 34.4. The molecule has 3 nitrogen and oxygen atoms in total. The zero-order valence-electron chi connectivity index (χ0n) is 9.38. The molecule has 0 spiro atoms. The monoisotopic (exact) mass is 386 g/mol. The zero-order valence-corrected chi connectivity index (χ0v) is 12.6. The molecule has 18 heavy (non-hydrogen) atoms. The van der Waals surface area contributed by atoms with Crippen LogP contribution in [-0.4, -0.2) is 19.7 Å². The average Bonchev–Trinajstić information content (AvgIpc) is 2.31. The second-order valence-electron chi connectivity index (χ2n) is 3.32. The number of hydrogen-bond acceptors (Lipinski definition) is 3. The predicted molar refractivity (Wildman–Crippen MR) is 69.1 cm³/mol. The normalized spacial score (nSPS) is 10.6. The summed E-state index contributed by atoms with van der Waals surface area (Å²) in [4.78, 5) is 11.2. The van der Waals surface area contributed by atoms with Crippen molar-refractivity contribution in [1.29, 1.82) is 0 Å². The van der Waals surface area contributed by atoms with E-state index in [9.17, 15) is 13.6 Å². The van der Waals surface area contributed by atoms with Crippen LogP contribution in [0.1, 0.15) is 11.1 Å². The number of hydrogen-bond donors (Lipinski definition) is 0. The molecule has 7 heteroatoms. The first-order valence-corrected chi connectivity index (χ1v) is 6.78. The van der Waals surface area contributed by atoms with Gasteiger partial charge >= 0.3 is 12.6 Å². The fraction of sp³-hybridized carbons (Fsp3) is 0.364. The molecule has 0 aliphatic carbocycles. The lowest BCUT2D eigenvalue weighted by molar-refractivity contribution is -0.139. The van der Waals surface area contributed by atoms with Crippen LogP contribution in [-0.2, 0) is 21.3 Å². The van der Waals surface area contributed by atoms with Gasteiger partial charge in [0.15, 0.2) is 0 Å². The maximum absolute atomic E-state index is 12.4. The van der Waals surface area contributed by atoms with Gasteiger partial charge in [-0.15, -0.1) is 0 Å². The van der Waals surface area contributed by atoms with Crippen LogP contribution >= 0.6 is 31.9 Å². The highest BCUT2D eigenvalue weighted by molar-refractivity contribution is 9.10. The number of carbonyl (C=O) groups is 1. The van der Waals surface area contributed by atoms with E-state index < -0.39 is 12.6 Å². The molecule has 0 saturated carbocycles. The summed E-state index contributed by atoms with van der Waals surface area (Å²) in [7, 11) is 1.24. The van der Waals surface area contributed by atoms with Crippen molar-refractivity contribution in [2.75, 3.05) is 7.11 Å². The van der Waals surface area contributed by atoms with Gasteiger partial charge in [-0.05, 0) is 12.1 Å². The Morgan fingerprint density at radius 2 is 2.00 bits per heavy atom. The van der Waals surface area contributed by atoms with E-state index in [1.54, 1.807) is 12.1 Å². The maximum Gasteiger partial charge on any atom is 0.387 e. The molecule has 0 unspecified atom stereocenters. The van der Waals surface area contributed by atoms with Crippen LogP contribution in [0.5, 0.6) is 5.75 Å². The molecule has 0 heterocycles. The minimum Gasteiger partial charge on any atom is -0.469 e. The maximum atomic E-state index is 12.4. The highest BCUT2D eigenvalue weighted by Gasteiger charge is 2.17. The third-order valence-electron chi connectivity index (χ3n) is 2.12. The molecule has 0 bridgehead atoms. The van der Waals surface area contributed by atoms with Gasteiger partial charge in [-0.3, -0.25) is 4.79 Å². The molecular formula is C11H10Br2F2O3. The molecule has 0 amide bonds. The summed E-state index contributed by atoms with van der Waals surface area (Å²) >= 11 is 6.44. The van der Waals surface area contributed by atoms with Crippen LogP contribution in [0, 0.1) is 0 Å². The standard InChI is InChI=1S/C11H10Br2F2O3/c1-17-9(16)4-6-2-8(13)3-7(5-12)10(6)18-11(14)15/h2-3,11H,4-5H2,1H3. The first-order valence-electron chi connectivity index (χ1n) is 4.86. The van der Waals surface area contributed by atoms with E-state index in [1.165, 1.54) is 7.11 Å². The third-order valence-corrected chi connectivity index (χ3v) is 3.18. The molecule has 0 aliphatic heterocycles. The van der Waals surface area contributed by atoms with Gasteiger partial charge in [0.2, 0.25) is 0 Å². The van der Waals surface area contributed by atoms with Gasteiger partial charge in [-0.1, -0.05) is 31.9 Å². The summed E-state index contributed by atoms with van der Waals surface area (Å²) in [6, 6.07) is 3.20. The van der Waals surface area contributed by atoms with Gasteiger partial charge in [-0.2, -0.15) is 8.78 Å². The number of halogens is 4. The van der Waals surface area contributed by atoms with Crippen molar-refractivity contribution >= 4 is 37.8 Å². The molecule has 0 N–H and O–H groups in total. The summed E-state index contributed by atoms with van der Waals surface area (Å²) in [6.45, 7) is -2.94. The molecule has 1 aromatic carbocycles. The van der Waals surface area contributed by atoms with Crippen molar-refractivity contribution in [3.63, 3.8) is 0 Å². The first kappa shape index (κ1) is 15.4. The fourth-order valence-electron chi connectivity index (χ4n) is 1.41. The van der Waals surface area contributed by atoms with Crippen LogP contribution < -0.4 is 4.74 Å². The summed E-state index contributed by atoms with van der Waals surface area (Å²) in [6.07, 6.45) is -0.127. The molecular weight excluding hydrogens is 378 g/mol. The van der Waals surface area contributed by atoms with Crippen LogP contribution in [0.25, 0.3) is 0 Å². The van der Waals surface area contributed by atoms with Crippen molar-refractivity contribution < 1.29 is 23.0 Å². The van der Waals surface area contributed by atoms with E-state index in [2.05, 4.69) is 41.3 Å². The van der Waals surface area contributed by atoms with Crippen molar-refractivity contribution in [1.82, 2.24) is 0 Å². The molecule has 0 aliphatic rings. The van der Waals surface area contributed by atoms with Gasteiger partial charge in [0.05, 0.1) is 13.5 Å². The Hall–Kier alpha value is -0.690. The van der Waals surface area contributed by atoms with Gasteiger partial charge in [0.1, 0.15) is 5.75 Å². The lowest BCUT2D eigenvalue weighted by atomic mass is 10.1. The fourth-order valence-corrected chi connectivity index (χ4v) is 2.38. The van der Waals surface area contributed by atoms with Crippen molar-refractivity contribution in [2.24, 2.45) is 0 Å². The van der Waals surface area contributed by atoms with Gasteiger partial charge in [0.25, 0.3) is 0 Å². The second kappa shape index (κ2) is 7.04. The number of esters is 1. The van der Waals surface area contributed by atoms with E-state index in [0.717, 1.165) is 0 Å². The first-order chi connectivity index (χ1) is 8.47. The molecule has 1 rings (SSSR count). The topological polar surface area (TPSA) is 35.5 Å². The number of alkyl halides is 3. The number of benzene rings is 1. The van der Waals surface area contributed by atoms with Crippen LogP contribution in [0.2, 0.25) is 0 Å². The largest absolute Gasteiger partial charge is 0.469 e. The van der Waals surface area contributed by atoms with E-state index >= 15 is 0 Å². The Bertz CT molecular complexity index is 439. The average molecular weight is 388 g/mol. The minimum atomic E-state index is -2.94. The van der Waals surface area contributed by atoms with Gasteiger partial charge < -0.3 is 9.47 Å².